The van der Waals surface area contributed by atoms with Gasteiger partial charge in [-0.05, 0) is 53.0 Å². The third-order valence-corrected chi connectivity index (χ3v) is 4.04. The van der Waals surface area contributed by atoms with Gasteiger partial charge >= 0.3 is 0 Å². The second-order valence-corrected chi connectivity index (χ2v) is 6.12. The zero-order valence-corrected chi connectivity index (χ0v) is 14.0. The zero-order valence-electron chi connectivity index (χ0n) is 12.4. The summed E-state index contributed by atoms with van der Waals surface area (Å²) in [6, 6.07) is 4.15. The minimum absolute atomic E-state index is 0.304. The molecular weight excluding hydrogens is 334 g/mol. The van der Waals surface area contributed by atoms with Crippen molar-refractivity contribution in [3.8, 4) is 11.5 Å². The molecule has 4 nitrogen and oxygen atoms in total. The summed E-state index contributed by atoms with van der Waals surface area (Å²) >= 11 is 3.56. The van der Waals surface area contributed by atoms with Gasteiger partial charge in [-0.3, -0.25) is 0 Å². The molecule has 0 radical (unpaired) electrons. The van der Waals surface area contributed by atoms with Crippen molar-refractivity contribution in [3.05, 3.63) is 22.2 Å². The lowest BCUT2D eigenvalue weighted by molar-refractivity contribution is 0.282. The van der Waals surface area contributed by atoms with Crippen molar-refractivity contribution >= 4 is 15.9 Å². The predicted molar refractivity (Wildman–Crippen MR) is 87.0 cm³/mol. The fraction of sp³-hybridized carbons (Fsp3) is 0.625. The van der Waals surface area contributed by atoms with Gasteiger partial charge < -0.3 is 19.9 Å². The largest absolute Gasteiger partial charge is 0.490 e. The van der Waals surface area contributed by atoms with Crippen LogP contribution < -0.4 is 14.8 Å². The number of nitrogens with one attached hydrogen (secondary N) is 1. The van der Waals surface area contributed by atoms with Gasteiger partial charge in [0, 0.05) is 19.6 Å². The van der Waals surface area contributed by atoms with E-state index in [0.717, 1.165) is 54.7 Å². The summed E-state index contributed by atoms with van der Waals surface area (Å²) in [6.07, 6.45) is 5.25. The number of benzene rings is 1. The molecular formula is C16H24BrNO3. The van der Waals surface area contributed by atoms with Crippen LogP contribution in [-0.4, -0.2) is 31.5 Å². The smallest absolute Gasteiger partial charge is 0.175 e. The molecule has 0 amide bonds. The minimum atomic E-state index is 0.304. The van der Waals surface area contributed by atoms with Gasteiger partial charge in [-0.25, -0.2) is 0 Å². The van der Waals surface area contributed by atoms with Gasteiger partial charge in [0.25, 0.3) is 0 Å². The third kappa shape index (κ3) is 5.49. The molecule has 118 valence electrons. The first-order valence-corrected chi connectivity index (χ1v) is 8.50. The highest BCUT2D eigenvalue weighted by atomic mass is 79.9. The van der Waals surface area contributed by atoms with Gasteiger partial charge in [-0.15, -0.1) is 0 Å². The average Bonchev–Trinajstić information content (AvgIpc) is 2.72. The molecule has 1 aromatic carbocycles. The Morgan fingerprint density at radius 2 is 1.90 bits per heavy atom. The maximum atomic E-state index is 8.72. The molecule has 1 heterocycles. The summed E-state index contributed by atoms with van der Waals surface area (Å²) in [5, 5.41) is 12.2. The van der Waals surface area contributed by atoms with Gasteiger partial charge in [0.15, 0.2) is 11.5 Å². The van der Waals surface area contributed by atoms with E-state index in [0.29, 0.717) is 19.8 Å². The van der Waals surface area contributed by atoms with E-state index < -0.39 is 0 Å². The highest BCUT2D eigenvalue weighted by Gasteiger charge is 2.14. The van der Waals surface area contributed by atoms with E-state index in [1.165, 1.54) is 12.0 Å². The maximum absolute atomic E-state index is 8.72. The highest BCUT2D eigenvalue weighted by Crippen LogP contribution is 2.38. The number of hydrogen-bond donors (Lipinski definition) is 2. The zero-order chi connectivity index (χ0) is 14.9. The molecule has 1 aliphatic heterocycles. The van der Waals surface area contributed by atoms with E-state index in [9.17, 15) is 0 Å². The van der Waals surface area contributed by atoms with Crippen LogP contribution >= 0.6 is 15.9 Å². The predicted octanol–water partition coefficient (Wildman–Crippen LogP) is 3.25. The fourth-order valence-electron chi connectivity index (χ4n) is 2.33. The first-order chi connectivity index (χ1) is 10.3. The molecule has 5 heteroatoms. The molecule has 1 aliphatic rings. The molecule has 0 fully saturated rings. The molecule has 0 saturated heterocycles. The van der Waals surface area contributed by atoms with Crippen LogP contribution in [0.1, 0.15) is 37.7 Å². The Morgan fingerprint density at radius 3 is 2.76 bits per heavy atom. The number of aliphatic hydroxyl groups is 1. The Kier molecular flexibility index (Phi) is 7.33. The van der Waals surface area contributed by atoms with Crippen LogP contribution in [0.2, 0.25) is 0 Å². The Morgan fingerprint density at radius 1 is 1.10 bits per heavy atom. The first kappa shape index (κ1) is 16.6. The SMILES string of the molecule is OCCCCCCNCc1cc(Br)c2c(c1)OCCCO2. The Bertz CT molecular complexity index is 440. The average molecular weight is 358 g/mol. The van der Waals surface area contributed by atoms with Crippen molar-refractivity contribution in [1.82, 2.24) is 5.32 Å². The lowest BCUT2D eigenvalue weighted by Crippen LogP contribution is -2.14. The molecule has 1 aromatic rings. The van der Waals surface area contributed by atoms with Gasteiger partial charge in [-0.2, -0.15) is 0 Å². The maximum Gasteiger partial charge on any atom is 0.175 e. The molecule has 2 N–H and O–H groups in total. The normalized spacial score (nSPS) is 14.0. The molecule has 0 unspecified atom stereocenters. The minimum Gasteiger partial charge on any atom is -0.490 e. The number of rotatable bonds is 8. The number of fused-ring (bicyclic) bond motifs is 1. The number of unbranched alkanes of at least 4 members (excludes halogenated alkanes) is 3. The van der Waals surface area contributed by atoms with Crippen molar-refractivity contribution in [2.24, 2.45) is 0 Å². The topological polar surface area (TPSA) is 50.7 Å². The number of aliphatic hydroxyl groups excluding tert-OH is 1. The van der Waals surface area contributed by atoms with Crippen molar-refractivity contribution < 1.29 is 14.6 Å². The molecule has 0 saturated carbocycles. The molecule has 0 aromatic heterocycles. The van der Waals surface area contributed by atoms with Gasteiger partial charge in [0.05, 0.1) is 17.7 Å². The lowest BCUT2D eigenvalue weighted by Gasteiger charge is -2.12. The van der Waals surface area contributed by atoms with E-state index in [4.69, 9.17) is 14.6 Å². The Hall–Kier alpha value is -0.780. The lowest BCUT2D eigenvalue weighted by atomic mass is 10.2. The van der Waals surface area contributed by atoms with E-state index >= 15 is 0 Å². The summed E-state index contributed by atoms with van der Waals surface area (Å²) in [5.74, 6) is 1.65. The van der Waals surface area contributed by atoms with E-state index in [1.54, 1.807) is 0 Å². The number of ether oxygens (including phenoxy) is 2. The van der Waals surface area contributed by atoms with Crippen molar-refractivity contribution in [3.63, 3.8) is 0 Å². The summed E-state index contributed by atoms with van der Waals surface area (Å²) in [6.45, 7) is 3.55. The monoisotopic (exact) mass is 357 g/mol. The second kappa shape index (κ2) is 9.28. The molecule has 0 bridgehead atoms. The molecule has 0 atom stereocenters. The van der Waals surface area contributed by atoms with Crippen LogP contribution in [-0.2, 0) is 6.54 Å². The standard InChI is InChI=1S/C16H24BrNO3/c17-14-10-13(12-18-6-3-1-2-4-7-19)11-15-16(14)21-9-5-8-20-15/h10-11,18-19H,1-9,12H2. The van der Waals surface area contributed by atoms with Gasteiger partial charge in [-0.1, -0.05) is 12.8 Å². The summed E-state index contributed by atoms with van der Waals surface area (Å²) in [5.41, 5.74) is 1.20. The summed E-state index contributed by atoms with van der Waals surface area (Å²) < 4.78 is 12.4. The van der Waals surface area contributed by atoms with Crippen LogP contribution in [0.25, 0.3) is 0 Å². The number of hydrogen-bond acceptors (Lipinski definition) is 4. The van der Waals surface area contributed by atoms with Crippen molar-refractivity contribution in [2.45, 2.75) is 38.6 Å². The van der Waals surface area contributed by atoms with E-state index in [2.05, 4.69) is 33.4 Å². The van der Waals surface area contributed by atoms with Crippen LogP contribution in [0.15, 0.2) is 16.6 Å². The van der Waals surface area contributed by atoms with Gasteiger partial charge in [0.1, 0.15) is 0 Å². The summed E-state index contributed by atoms with van der Waals surface area (Å²) in [4.78, 5) is 0. The second-order valence-electron chi connectivity index (χ2n) is 5.27. The van der Waals surface area contributed by atoms with E-state index in [-0.39, 0.29) is 0 Å². The first-order valence-electron chi connectivity index (χ1n) is 7.71. The van der Waals surface area contributed by atoms with Gasteiger partial charge in [0.2, 0.25) is 0 Å². The molecule has 0 aliphatic carbocycles. The third-order valence-electron chi connectivity index (χ3n) is 3.45. The Labute approximate surface area is 135 Å². The van der Waals surface area contributed by atoms with E-state index in [1.807, 2.05) is 0 Å². The van der Waals surface area contributed by atoms with Crippen molar-refractivity contribution in [1.29, 1.82) is 0 Å². The van der Waals surface area contributed by atoms with Crippen LogP contribution in [0.5, 0.6) is 11.5 Å². The molecule has 2 rings (SSSR count). The quantitative estimate of drug-likeness (QED) is 0.701. The molecule has 0 spiro atoms. The number of halogens is 1. The molecule has 21 heavy (non-hydrogen) atoms. The Balaban J connectivity index is 1.78. The van der Waals surface area contributed by atoms with Crippen molar-refractivity contribution in [2.75, 3.05) is 26.4 Å². The van der Waals surface area contributed by atoms with Crippen LogP contribution in [0.3, 0.4) is 0 Å². The van der Waals surface area contributed by atoms with Crippen LogP contribution in [0.4, 0.5) is 0 Å². The fourth-order valence-corrected chi connectivity index (χ4v) is 2.94. The summed E-state index contributed by atoms with van der Waals surface area (Å²) in [7, 11) is 0. The van der Waals surface area contributed by atoms with Crippen LogP contribution in [0, 0.1) is 0 Å². The highest BCUT2D eigenvalue weighted by molar-refractivity contribution is 9.10.